The fourth-order valence-corrected chi connectivity index (χ4v) is 4.28. The maximum atomic E-state index is 12.4. The Morgan fingerprint density at radius 3 is 3.09 bits per heavy atom. The first-order valence-corrected chi connectivity index (χ1v) is 8.54. The molecule has 2 aliphatic rings. The maximum absolute atomic E-state index is 12.4. The van der Waals surface area contributed by atoms with Crippen LogP contribution in [0.5, 0.6) is 5.75 Å². The first-order valence-electron chi connectivity index (χ1n) is 7.73. The zero-order chi connectivity index (χ0) is 15.1. The summed E-state index contributed by atoms with van der Waals surface area (Å²) in [5.41, 5.74) is 2.25. The summed E-state index contributed by atoms with van der Waals surface area (Å²) in [7, 11) is 0. The van der Waals surface area contributed by atoms with Crippen LogP contribution in [0, 0.1) is 5.92 Å². The Balaban J connectivity index is 1.45. The monoisotopic (exact) mass is 314 g/mol. The number of benzene rings is 1. The molecule has 1 aliphatic carbocycles. The standard InChI is InChI=1S/C17H18N2O2S/c1-10-6-7-12-15(8-10)22-17(18-12)19-16(20)14-9-11-4-2-3-5-13(11)21-14/h2-5,10,14H,6-9H2,1H3,(H,18,19,20)/t10-,14-/m0/s1. The van der Waals surface area contributed by atoms with E-state index in [0.717, 1.165) is 29.8 Å². The quantitative estimate of drug-likeness (QED) is 0.926. The minimum atomic E-state index is -0.447. The molecular weight excluding hydrogens is 296 g/mol. The molecule has 0 saturated heterocycles. The predicted octanol–water partition coefficient (Wildman–Crippen LogP) is 3.21. The van der Waals surface area contributed by atoms with Crippen molar-refractivity contribution < 1.29 is 9.53 Å². The molecule has 2 aromatic rings. The number of fused-ring (bicyclic) bond motifs is 2. The molecule has 0 spiro atoms. The van der Waals surface area contributed by atoms with Gasteiger partial charge in [0.25, 0.3) is 5.91 Å². The normalized spacial score (nSPS) is 22.6. The minimum absolute atomic E-state index is 0.102. The van der Waals surface area contributed by atoms with Gasteiger partial charge < -0.3 is 4.74 Å². The van der Waals surface area contributed by atoms with E-state index in [9.17, 15) is 4.79 Å². The van der Waals surface area contributed by atoms with Crippen molar-refractivity contribution >= 4 is 22.4 Å². The van der Waals surface area contributed by atoms with Crippen LogP contribution in [0.25, 0.3) is 0 Å². The Morgan fingerprint density at radius 2 is 2.23 bits per heavy atom. The molecule has 0 radical (unpaired) electrons. The highest BCUT2D eigenvalue weighted by atomic mass is 32.1. The minimum Gasteiger partial charge on any atom is -0.480 e. The zero-order valence-corrected chi connectivity index (χ0v) is 13.3. The van der Waals surface area contributed by atoms with Gasteiger partial charge in [-0.15, -0.1) is 11.3 Å². The Kier molecular flexibility index (Phi) is 3.37. The lowest BCUT2D eigenvalue weighted by Gasteiger charge is -2.15. The summed E-state index contributed by atoms with van der Waals surface area (Å²) in [5, 5.41) is 3.65. The molecular formula is C17H18N2O2S. The smallest absolute Gasteiger partial charge is 0.267 e. The lowest BCUT2D eigenvalue weighted by atomic mass is 9.93. The van der Waals surface area contributed by atoms with Gasteiger partial charge in [-0.05, 0) is 36.8 Å². The number of rotatable bonds is 2. The molecule has 22 heavy (non-hydrogen) atoms. The molecule has 1 aromatic heterocycles. The van der Waals surface area contributed by atoms with Crippen molar-refractivity contribution in [2.45, 2.75) is 38.7 Å². The fraction of sp³-hybridized carbons (Fsp3) is 0.412. The number of thiazole rings is 1. The van der Waals surface area contributed by atoms with Gasteiger partial charge in [-0.2, -0.15) is 0 Å². The number of hydrogen-bond acceptors (Lipinski definition) is 4. The molecule has 1 amide bonds. The van der Waals surface area contributed by atoms with Gasteiger partial charge in [0.2, 0.25) is 0 Å². The van der Waals surface area contributed by atoms with Crippen LogP contribution in [0.3, 0.4) is 0 Å². The van der Waals surface area contributed by atoms with Crippen LogP contribution in [0.2, 0.25) is 0 Å². The van der Waals surface area contributed by atoms with Crippen molar-refractivity contribution in [1.82, 2.24) is 4.98 Å². The molecule has 114 valence electrons. The number of nitrogens with zero attached hydrogens (tertiary/aromatic N) is 1. The number of carbonyl (C=O) groups is 1. The molecule has 1 aromatic carbocycles. The van der Waals surface area contributed by atoms with E-state index < -0.39 is 6.10 Å². The van der Waals surface area contributed by atoms with Crippen LogP contribution in [-0.4, -0.2) is 17.0 Å². The number of nitrogens with one attached hydrogen (secondary N) is 1. The third kappa shape index (κ3) is 2.50. The molecule has 1 N–H and O–H groups in total. The van der Waals surface area contributed by atoms with Gasteiger partial charge >= 0.3 is 0 Å². The number of ether oxygens (including phenoxy) is 1. The van der Waals surface area contributed by atoms with Gasteiger partial charge in [0.15, 0.2) is 11.2 Å². The molecule has 5 heteroatoms. The van der Waals surface area contributed by atoms with Gasteiger partial charge in [0.05, 0.1) is 5.69 Å². The summed E-state index contributed by atoms with van der Waals surface area (Å²) in [6.45, 7) is 2.27. The lowest BCUT2D eigenvalue weighted by molar-refractivity contribution is -0.122. The highest BCUT2D eigenvalue weighted by molar-refractivity contribution is 7.15. The van der Waals surface area contributed by atoms with Gasteiger partial charge in [-0.3, -0.25) is 10.1 Å². The Morgan fingerprint density at radius 1 is 1.36 bits per heavy atom. The number of anilines is 1. The Labute approximate surface area is 133 Å². The fourth-order valence-electron chi connectivity index (χ4n) is 3.11. The van der Waals surface area contributed by atoms with Gasteiger partial charge in [-0.1, -0.05) is 25.1 Å². The van der Waals surface area contributed by atoms with Crippen LogP contribution in [0.4, 0.5) is 5.13 Å². The van der Waals surface area contributed by atoms with Crippen molar-refractivity contribution in [3.63, 3.8) is 0 Å². The van der Waals surface area contributed by atoms with Crippen molar-refractivity contribution in [1.29, 1.82) is 0 Å². The topological polar surface area (TPSA) is 51.2 Å². The van der Waals surface area contributed by atoms with Gasteiger partial charge in [0.1, 0.15) is 5.75 Å². The maximum Gasteiger partial charge on any atom is 0.267 e. The largest absolute Gasteiger partial charge is 0.480 e. The number of carbonyl (C=O) groups excluding carboxylic acids is 1. The van der Waals surface area contributed by atoms with Gasteiger partial charge in [-0.25, -0.2) is 4.98 Å². The van der Waals surface area contributed by atoms with Gasteiger partial charge in [0, 0.05) is 11.3 Å². The van der Waals surface area contributed by atoms with Crippen molar-refractivity contribution in [3.8, 4) is 5.75 Å². The molecule has 4 rings (SSSR count). The SMILES string of the molecule is C[C@H]1CCc2nc(NC(=O)[C@@H]3Cc4ccccc4O3)sc2C1. The van der Waals surface area contributed by atoms with E-state index in [1.54, 1.807) is 11.3 Å². The third-order valence-electron chi connectivity index (χ3n) is 4.36. The van der Waals surface area contributed by atoms with Crippen LogP contribution in [-0.2, 0) is 24.1 Å². The highest BCUT2D eigenvalue weighted by Gasteiger charge is 2.30. The number of aromatic nitrogens is 1. The highest BCUT2D eigenvalue weighted by Crippen LogP contribution is 2.33. The molecule has 1 aliphatic heterocycles. The number of hydrogen-bond donors (Lipinski definition) is 1. The molecule has 2 heterocycles. The Bertz CT molecular complexity index is 700. The molecule has 0 saturated carbocycles. The second-order valence-corrected chi connectivity index (χ2v) is 7.23. The molecule has 0 unspecified atom stereocenters. The number of aryl methyl sites for hydroxylation is 1. The summed E-state index contributed by atoms with van der Waals surface area (Å²) < 4.78 is 5.72. The van der Waals surface area contributed by atoms with E-state index in [4.69, 9.17) is 4.74 Å². The van der Waals surface area contributed by atoms with E-state index in [0.29, 0.717) is 17.5 Å². The molecule has 0 bridgehead atoms. The number of amides is 1. The second kappa shape index (κ2) is 5.39. The van der Waals surface area contributed by atoms with Crippen molar-refractivity contribution in [2.75, 3.05) is 5.32 Å². The molecule has 4 nitrogen and oxygen atoms in total. The zero-order valence-electron chi connectivity index (χ0n) is 12.5. The third-order valence-corrected chi connectivity index (χ3v) is 5.39. The van der Waals surface area contributed by atoms with E-state index in [1.165, 1.54) is 11.3 Å². The van der Waals surface area contributed by atoms with Crippen LogP contribution >= 0.6 is 11.3 Å². The Hall–Kier alpha value is -1.88. The summed E-state index contributed by atoms with van der Waals surface area (Å²) in [6.07, 6.45) is 3.47. The van der Waals surface area contributed by atoms with Crippen LogP contribution < -0.4 is 10.1 Å². The van der Waals surface area contributed by atoms with E-state index in [-0.39, 0.29) is 5.91 Å². The van der Waals surface area contributed by atoms with Crippen molar-refractivity contribution in [2.24, 2.45) is 5.92 Å². The number of para-hydroxylation sites is 1. The van der Waals surface area contributed by atoms with E-state index in [1.807, 2.05) is 24.3 Å². The molecule has 2 atom stereocenters. The second-order valence-electron chi connectivity index (χ2n) is 6.14. The summed E-state index contributed by atoms with van der Waals surface area (Å²) in [4.78, 5) is 18.3. The van der Waals surface area contributed by atoms with Crippen LogP contribution in [0.1, 0.15) is 29.5 Å². The predicted molar refractivity (Wildman–Crippen MR) is 86.5 cm³/mol. The molecule has 0 fully saturated rings. The van der Waals surface area contributed by atoms with Crippen molar-refractivity contribution in [3.05, 3.63) is 40.4 Å². The first-order chi connectivity index (χ1) is 10.7. The average Bonchev–Trinajstić information content (AvgIpc) is 3.09. The van der Waals surface area contributed by atoms with E-state index >= 15 is 0 Å². The lowest BCUT2D eigenvalue weighted by Crippen LogP contribution is -2.31. The average molecular weight is 314 g/mol. The van der Waals surface area contributed by atoms with E-state index in [2.05, 4.69) is 17.2 Å². The summed E-state index contributed by atoms with van der Waals surface area (Å²) in [5.74, 6) is 1.43. The summed E-state index contributed by atoms with van der Waals surface area (Å²) in [6, 6.07) is 7.81. The van der Waals surface area contributed by atoms with Crippen LogP contribution in [0.15, 0.2) is 24.3 Å². The first kappa shape index (κ1) is 13.8. The summed E-state index contributed by atoms with van der Waals surface area (Å²) >= 11 is 1.61.